The van der Waals surface area contributed by atoms with E-state index in [0.717, 1.165) is 18.2 Å². The molecule has 2 aromatic rings. The summed E-state index contributed by atoms with van der Waals surface area (Å²) in [7, 11) is 0. The molecule has 4 nitrogen and oxygen atoms in total. The second kappa shape index (κ2) is 6.25. The van der Waals surface area contributed by atoms with Crippen LogP contribution in [-0.4, -0.2) is 4.92 Å². The summed E-state index contributed by atoms with van der Waals surface area (Å²) in [6.07, 6.45) is -2.58. The second-order valence-electron chi connectivity index (χ2n) is 4.32. The van der Waals surface area contributed by atoms with Crippen LogP contribution in [0.4, 0.5) is 24.5 Å². The summed E-state index contributed by atoms with van der Waals surface area (Å²) < 4.78 is 38.7. The van der Waals surface area contributed by atoms with Crippen molar-refractivity contribution in [2.45, 2.75) is 13.0 Å². The maximum atomic E-state index is 13.5. The van der Waals surface area contributed by atoms with Crippen LogP contribution in [0.5, 0.6) is 0 Å². The van der Waals surface area contributed by atoms with Gasteiger partial charge in [0.25, 0.3) is 12.1 Å². The summed E-state index contributed by atoms with van der Waals surface area (Å²) in [5, 5.41) is 13.3. The molecule has 0 aliphatic carbocycles. The third kappa shape index (κ3) is 3.71. The third-order valence-electron chi connectivity index (χ3n) is 2.85. The Morgan fingerprint density at radius 1 is 1.19 bits per heavy atom. The van der Waals surface area contributed by atoms with Crippen LogP contribution >= 0.6 is 0 Å². The van der Waals surface area contributed by atoms with E-state index in [1.54, 1.807) is 6.07 Å². The SMILES string of the molecule is O=[N+]([O-])c1ccc(F)c(NCc2cccc(C(F)F)c2)c1. The summed E-state index contributed by atoms with van der Waals surface area (Å²) in [5.41, 5.74) is 0.0967. The van der Waals surface area contributed by atoms with Crippen LogP contribution in [0.15, 0.2) is 42.5 Å². The molecule has 0 heterocycles. The van der Waals surface area contributed by atoms with Gasteiger partial charge in [0.05, 0.1) is 10.6 Å². The van der Waals surface area contributed by atoms with Crippen molar-refractivity contribution < 1.29 is 18.1 Å². The number of hydrogen-bond donors (Lipinski definition) is 1. The first-order valence-corrected chi connectivity index (χ1v) is 6.02. The molecule has 2 rings (SSSR count). The maximum Gasteiger partial charge on any atom is 0.271 e. The van der Waals surface area contributed by atoms with Crippen molar-refractivity contribution in [3.63, 3.8) is 0 Å². The number of nitro groups is 1. The molecule has 0 aliphatic rings. The lowest BCUT2D eigenvalue weighted by Crippen LogP contribution is -2.03. The van der Waals surface area contributed by atoms with E-state index in [-0.39, 0.29) is 23.5 Å². The summed E-state index contributed by atoms with van der Waals surface area (Å²) in [6.45, 7) is 0.0820. The molecule has 0 radical (unpaired) electrons. The van der Waals surface area contributed by atoms with E-state index in [9.17, 15) is 23.3 Å². The fourth-order valence-corrected chi connectivity index (χ4v) is 1.80. The minimum absolute atomic E-state index is 0.0494. The molecule has 110 valence electrons. The first-order valence-electron chi connectivity index (χ1n) is 6.02. The molecule has 7 heteroatoms. The van der Waals surface area contributed by atoms with Crippen LogP contribution in [0.1, 0.15) is 17.6 Å². The van der Waals surface area contributed by atoms with Gasteiger partial charge in [-0.15, -0.1) is 0 Å². The molecule has 2 aromatic carbocycles. The van der Waals surface area contributed by atoms with Crippen LogP contribution < -0.4 is 5.32 Å². The first kappa shape index (κ1) is 14.8. The molecule has 0 saturated heterocycles. The highest BCUT2D eigenvalue weighted by molar-refractivity contribution is 5.52. The topological polar surface area (TPSA) is 55.2 Å². The number of anilines is 1. The Hall–Kier alpha value is -2.57. The Morgan fingerprint density at radius 2 is 1.95 bits per heavy atom. The van der Waals surface area contributed by atoms with Crippen molar-refractivity contribution in [3.05, 3.63) is 69.5 Å². The Balaban J connectivity index is 2.14. The van der Waals surface area contributed by atoms with Gasteiger partial charge >= 0.3 is 0 Å². The minimum Gasteiger partial charge on any atom is -0.378 e. The summed E-state index contributed by atoms with van der Waals surface area (Å²) >= 11 is 0. The van der Waals surface area contributed by atoms with E-state index in [2.05, 4.69) is 5.32 Å². The Labute approximate surface area is 118 Å². The standard InChI is InChI=1S/C14H11F3N2O2/c15-12-5-4-11(19(20)21)7-13(12)18-8-9-2-1-3-10(6-9)14(16)17/h1-7,14,18H,8H2. The number of alkyl halides is 2. The smallest absolute Gasteiger partial charge is 0.271 e. The molecule has 0 aliphatic heterocycles. The molecule has 0 aromatic heterocycles. The predicted molar refractivity (Wildman–Crippen MR) is 71.8 cm³/mol. The molecular weight excluding hydrogens is 285 g/mol. The van der Waals surface area contributed by atoms with Crippen LogP contribution in [0.2, 0.25) is 0 Å². The number of benzene rings is 2. The van der Waals surface area contributed by atoms with E-state index >= 15 is 0 Å². The van der Waals surface area contributed by atoms with Gasteiger partial charge in [-0.3, -0.25) is 10.1 Å². The Kier molecular flexibility index (Phi) is 4.42. The molecule has 0 amide bonds. The van der Waals surface area contributed by atoms with Gasteiger partial charge in [0.1, 0.15) is 5.82 Å². The Bertz CT molecular complexity index is 662. The number of nitro benzene ring substituents is 1. The number of hydrogen-bond acceptors (Lipinski definition) is 3. The van der Waals surface area contributed by atoms with Crippen LogP contribution in [0, 0.1) is 15.9 Å². The fourth-order valence-electron chi connectivity index (χ4n) is 1.80. The van der Waals surface area contributed by atoms with E-state index in [1.807, 2.05) is 0 Å². The van der Waals surface area contributed by atoms with E-state index in [1.165, 1.54) is 18.2 Å². The number of nitrogens with one attached hydrogen (secondary N) is 1. The van der Waals surface area contributed by atoms with Gasteiger partial charge in [-0.1, -0.05) is 18.2 Å². The van der Waals surface area contributed by atoms with Gasteiger partial charge in [0.15, 0.2) is 0 Å². The highest BCUT2D eigenvalue weighted by Crippen LogP contribution is 2.23. The van der Waals surface area contributed by atoms with Gasteiger partial charge in [-0.05, 0) is 17.7 Å². The fraction of sp³-hybridized carbons (Fsp3) is 0.143. The molecule has 0 bridgehead atoms. The van der Waals surface area contributed by atoms with Crippen LogP contribution in [0.3, 0.4) is 0 Å². The van der Waals surface area contributed by atoms with Crippen molar-refractivity contribution in [2.24, 2.45) is 0 Å². The lowest BCUT2D eigenvalue weighted by atomic mass is 10.1. The van der Waals surface area contributed by atoms with Crippen molar-refractivity contribution in [1.82, 2.24) is 0 Å². The molecule has 0 saturated carbocycles. The highest BCUT2D eigenvalue weighted by atomic mass is 19.3. The number of rotatable bonds is 5. The molecule has 0 spiro atoms. The average Bonchev–Trinajstić information content (AvgIpc) is 2.46. The zero-order chi connectivity index (χ0) is 15.4. The van der Waals surface area contributed by atoms with Gasteiger partial charge < -0.3 is 5.32 Å². The number of non-ortho nitro benzene ring substituents is 1. The largest absolute Gasteiger partial charge is 0.378 e. The highest BCUT2D eigenvalue weighted by Gasteiger charge is 2.11. The predicted octanol–water partition coefficient (Wildman–Crippen LogP) is 4.28. The molecule has 0 fully saturated rings. The maximum absolute atomic E-state index is 13.5. The average molecular weight is 296 g/mol. The van der Waals surface area contributed by atoms with Crippen molar-refractivity contribution >= 4 is 11.4 Å². The van der Waals surface area contributed by atoms with Crippen molar-refractivity contribution in [1.29, 1.82) is 0 Å². The van der Waals surface area contributed by atoms with Gasteiger partial charge in [-0.2, -0.15) is 0 Å². The summed E-state index contributed by atoms with van der Waals surface area (Å²) in [6, 6.07) is 8.77. The zero-order valence-electron chi connectivity index (χ0n) is 10.7. The number of nitrogens with zero attached hydrogens (tertiary/aromatic N) is 1. The van der Waals surface area contributed by atoms with Gasteiger partial charge in [0.2, 0.25) is 0 Å². The van der Waals surface area contributed by atoms with E-state index in [0.29, 0.717) is 5.56 Å². The first-order chi connectivity index (χ1) is 9.97. The summed E-state index contributed by atoms with van der Waals surface area (Å²) in [4.78, 5) is 9.99. The molecule has 0 atom stereocenters. The molecule has 1 N–H and O–H groups in total. The molecular formula is C14H11F3N2O2. The van der Waals surface area contributed by atoms with Crippen LogP contribution in [0.25, 0.3) is 0 Å². The monoisotopic (exact) mass is 296 g/mol. The lowest BCUT2D eigenvalue weighted by Gasteiger charge is -2.09. The van der Waals surface area contributed by atoms with Crippen molar-refractivity contribution in [3.8, 4) is 0 Å². The second-order valence-corrected chi connectivity index (χ2v) is 4.32. The van der Waals surface area contributed by atoms with E-state index < -0.39 is 17.2 Å². The normalized spacial score (nSPS) is 10.7. The Morgan fingerprint density at radius 3 is 2.62 bits per heavy atom. The minimum atomic E-state index is -2.58. The third-order valence-corrected chi connectivity index (χ3v) is 2.85. The van der Waals surface area contributed by atoms with Crippen molar-refractivity contribution in [2.75, 3.05) is 5.32 Å². The molecule has 21 heavy (non-hydrogen) atoms. The van der Waals surface area contributed by atoms with E-state index in [4.69, 9.17) is 0 Å². The zero-order valence-corrected chi connectivity index (χ0v) is 10.7. The van der Waals surface area contributed by atoms with Gasteiger partial charge in [-0.25, -0.2) is 13.2 Å². The lowest BCUT2D eigenvalue weighted by molar-refractivity contribution is -0.384. The summed E-state index contributed by atoms with van der Waals surface area (Å²) in [5.74, 6) is -0.648. The molecule has 0 unspecified atom stereocenters. The van der Waals surface area contributed by atoms with Crippen LogP contribution in [-0.2, 0) is 6.54 Å². The number of halogens is 3. The van der Waals surface area contributed by atoms with Gasteiger partial charge in [0, 0.05) is 24.2 Å². The quantitative estimate of drug-likeness (QED) is 0.661.